The molecule has 0 spiro atoms. The molecule has 0 radical (unpaired) electrons. The van der Waals surface area contributed by atoms with Gasteiger partial charge in [-0.1, -0.05) is 30.3 Å². The number of ether oxygens (including phenoxy) is 1. The van der Waals surface area contributed by atoms with Crippen LogP contribution >= 0.6 is 0 Å². The number of hydrogen-bond acceptors (Lipinski definition) is 3. The molecule has 1 atom stereocenters. The highest BCUT2D eigenvalue weighted by molar-refractivity contribution is 5.52. The summed E-state index contributed by atoms with van der Waals surface area (Å²) in [4.78, 5) is 0. The Hall–Kier alpha value is -2.99. The fourth-order valence-corrected chi connectivity index (χ4v) is 4.09. The third kappa shape index (κ3) is 2.78. The van der Waals surface area contributed by atoms with Crippen LogP contribution in [-0.4, -0.2) is 7.11 Å². The molecule has 0 aliphatic heterocycles. The molecule has 3 nitrogen and oxygen atoms in total. The molecule has 26 heavy (non-hydrogen) atoms. The molecule has 130 valence electrons. The number of furan rings is 1. The molecule has 0 amide bonds. The van der Waals surface area contributed by atoms with Gasteiger partial charge in [0.1, 0.15) is 11.5 Å². The second-order valence-electron chi connectivity index (χ2n) is 6.89. The van der Waals surface area contributed by atoms with Crippen molar-refractivity contribution in [3.8, 4) is 11.8 Å². The van der Waals surface area contributed by atoms with Crippen LogP contribution in [0.5, 0.6) is 5.75 Å². The Morgan fingerprint density at radius 3 is 2.65 bits per heavy atom. The number of hydrogen-bond donors (Lipinski definition) is 0. The third-order valence-electron chi connectivity index (χ3n) is 5.42. The molecule has 1 heterocycles. The number of rotatable bonds is 6. The van der Waals surface area contributed by atoms with E-state index in [0.29, 0.717) is 5.92 Å². The van der Waals surface area contributed by atoms with Crippen molar-refractivity contribution < 1.29 is 9.15 Å². The van der Waals surface area contributed by atoms with E-state index >= 15 is 0 Å². The fourth-order valence-electron chi connectivity index (χ4n) is 4.09. The highest BCUT2D eigenvalue weighted by Gasteiger charge is 2.49. The summed E-state index contributed by atoms with van der Waals surface area (Å²) < 4.78 is 11.2. The first-order valence-corrected chi connectivity index (χ1v) is 8.94. The minimum absolute atomic E-state index is 0.293. The molecule has 0 bridgehead atoms. The van der Waals surface area contributed by atoms with Gasteiger partial charge >= 0.3 is 0 Å². The number of nitrogens with zero attached hydrogens (tertiary/aromatic N) is 1. The van der Waals surface area contributed by atoms with Crippen LogP contribution in [0.2, 0.25) is 0 Å². The van der Waals surface area contributed by atoms with E-state index in [4.69, 9.17) is 9.15 Å². The first-order valence-electron chi connectivity index (χ1n) is 8.94. The second-order valence-corrected chi connectivity index (χ2v) is 6.89. The summed E-state index contributed by atoms with van der Waals surface area (Å²) >= 11 is 0. The summed E-state index contributed by atoms with van der Waals surface area (Å²) in [6, 6.07) is 22.6. The van der Waals surface area contributed by atoms with E-state index in [0.717, 1.165) is 41.9 Å². The van der Waals surface area contributed by atoms with Gasteiger partial charge in [0.25, 0.3) is 0 Å². The summed E-state index contributed by atoms with van der Waals surface area (Å²) in [6.45, 7) is 0. The van der Waals surface area contributed by atoms with Gasteiger partial charge in [-0.25, -0.2) is 0 Å². The van der Waals surface area contributed by atoms with E-state index in [1.165, 1.54) is 5.56 Å². The van der Waals surface area contributed by atoms with Crippen molar-refractivity contribution in [2.24, 2.45) is 5.92 Å². The first kappa shape index (κ1) is 16.5. The SMILES string of the molecule is COc1cccc(C(Cc2ccco2)(c2ccccc2C#N)C2CC2)c1. The van der Waals surface area contributed by atoms with Crippen LogP contribution in [0.25, 0.3) is 0 Å². The van der Waals surface area contributed by atoms with Gasteiger partial charge < -0.3 is 9.15 Å². The molecule has 0 saturated heterocycles. The smallest absolute Gasteiger partial charge is 0.119 e. The highest BCUT2D eigenvalue weighted by atomic mass is 16.5. The van der Waals surface area contributed by atoms with Gasteiger partial charge in [-0.3, -0.25) is 0 Å². The van der Waals surface area contributed by atoms with Crippen molar-refractivity contribution in [3.63, 3.8) is 0 Å². The third-order valence-corrected chi connectivity index (χ3v) is 5.42. The Bertz CT molecular complexity index is 935. The molecule has 3 aromatic rings. The summed E-state index contributed by atoms with van der Waals surface area (Å²) in [5.41, 5.74) is 2.69. The molecule has 1 aliphatic carbocycles. The second kappa shape index (κ2) is 6.72. The lowest BCUT2D eigenvalue weighted by atomic mass is 9.66. The van der Waals surface area contributed by atoms with Crippen LogP contribution in [0.4, 0.5) is 0 Å². The van der Waals surface area contributed by atoms with Crippen LogP contribution in [0.1, 0.15) is 35.3 Å². The highest BCUT2D eigenvalue weighted by Crippen LogP contribution is 2.54. The molecule has 1 unspecified atom stereocenters. The van der Waals surface area contributed by atoms with E-state index in [9.17, 15) is 5.26 Å². The maximum Gasteiger partial charge on any atom is 0.119 e. The van der Waals surface area contributed by atoms with Crippen LogP contribution in [0.15, 0.2) is 71.3 Å². The maximum atomic E-state index is 9.76. The zero-order chi connectivity index (χ0) is 18.0. The van der Waals surface area contributed by atoms with Crippen molar-refractivity contribution in [2.45, 2.75) is 24.7 Å². The van der Waals surface area contributed by atoms with Crippen molar-refractivity contribution in [1.82, 2.24) is 0 Å². The largest absolute Gasteiger partial charge is 0.497 e. The number of nitriles is 1. The first-order chi connectivity index (χ1) is 12.8. The maximum absolute atomic E-state index is 9.76. The zero-order valence-electron chi connectivity index (χ0n) is 14.8. The Morgan fingerprint density at radius 2 is 1.96 bits per heavy atom. The molecule has 3 heteroatoms. The Morgan fingerprint density at radius 1 is 1.12 bits per heavy atom. The van der Waals surface area contributed by atoms with Crippen molar-refractivity contribution >= 4 is 0 Å². The van der Waals surface area contributed by atoms with Crippen LogP contribution in [0, 0.1) is 17.2 Å². The van der Waals surface area contributed by atoms with Crippen molar-refractivity contribution in [3.05, 3.63) is 89.4 Å². The van der Waals surface area contributed by atoms with Gasteiger partial charge in [0.15, 0.2) is 0 Å². The molecule has 0 N–H and O–H groups in total. The van der Waals surface area contributed by atoms with Crippen molar-refractivity contribution in [1.29, 1.82) is 5.26 Å². The predicted molar refractivity (Wildman–Crippen MR) is 100 cm³/mol. The molecule has 1 saturated carbocycles. The van der Waals surface area contributed by atoms with Crippen LogP contribution in [0.3, 0.4) is 0 Å². The molecular weight excluding hydrogens is 322 g/mol. The average molecular weight is 343 g/mol. The normalized spacial score (nSPS) is 15.8. The lowest BCUT2D eigenvalue weighted by Crippen LogP contribution is -2.34. The van der Waals surface area contributed by atoms with E-state index in [-0.39, 0.29) is 5.41 Å². The quantitative estimate of drug-likeness (QED) is 0.625. The minimum atomic E-state index is -0.293. The van der Waals surface area contributed by atoms with Crippen LogP contribution < -0.4 is 4.74 Å². The van der Waals surface area contributed by atoms with E-state index in [1.54, 1.807) is 13.4 Å². The molecule has 1 aromatic heterocycles. The summed E-state index contributed by atoms with van der Waals surface area (Å²) in [5, 5.41) is 9.76. The Labute approximate surface area is 153 Å². The average Bonchev–Trinajstić information content (AvgIpc) is 3.43. The monoisotopic (exact) mass is 343 g/mol. The molecule has 4 rings (SSSR count). The van der Waals surface area contributed by atoms with Gasteiger partial charge in [0.2, 0.25) is 0 Å². The predicted octanol–water partition coefficient (Wildman–Crippen LogP) is 5.10. The molecular formula is C23H21NO2. The van der Waals surface area contributed by atoms with Gasteiger partial charge in [0, 0.05) is 11.8 Å². The van der Waals surface area contributed by atoms with Gasteiger partial charge in [-0.2, -0.15) is 5.26 Å². The topological polar surface area (TPSA) is 46.2 Å². The Balaban J connectivity index is 1.96. The summed E-state index contributed by atoms with van der Waals surface area (Å²) in [7, 11) is 1.69. The number of benzene rings is 2. The zero-order valence-corrected chi connectivity index (χ0v) is 14.8. The van der Waals surface area contributed by atoms with Crippen molar-refractivity contribution in [2.75, 3.05) is 7.11 Å². The summed E-state index contributed by atoms with van der Waals surface area (Å²) in [6.07, 6.45) is 4.75. The summed E-state index contributed by atoms with van der Waals surface area (Å²) in [5.74, 6) is 2.25. The van der Waals surface area contributed by atoms with Gasteiger partial charge in [-0.05, 0) is 60.2 Å². The lowest BCUT2D eigenvalue weighted by molar-refractivity contribution is 0.384. The van der Waals surface area contributed by atoms with Crippen LogP contribution in [-0.2, 0) is 11.8 Å². The minimum Gasteiger partial charge on any atom is -0.497 e. The Kier molecular flexibility index (Phi) is 4.26. The van der Waals surface area contributed by atoms with E-state index in [2.05, 4.69) is 24.3 Å². The van der Waals surface area contributed by atoms with E-state index in [1.807, 2.05) is 42.5 Å². The molecule has 1 fully saturated rings. The molecule has 1 aliphatic rings. The number of methoxy groups -OCH3 is 1. The molecule has 2 aromatic carbocycles. The standard InChI is InChI=1S/C23H21NO2/c1-25-20-8-4-7-19(14-20)23(18-11-12-18,15-21-9-5-13-26-21)22-10-3-2-6-17(22)16-24/h2-10,13-14,18H,11-12,15H2,1H3. The lowest BCUT2D eigenvalue weighted by Gasteiger charge is -2.36. The van der Waals surface area contributed by atoms with Gasteiger partial charge in [0.05, 0.1) is 25.0 Å². The van der Waals surface area contributed by atoms with Gasteiger partial charge in [-0.15, -0.1) is 0 Å². The fraction of sp³-hybridized carbons (Fsp3) is 0.261. The van der Waals surface area contributed by atoms with E-state index < -0.39 is 0 Å².